The first kappa shape index (κ1) is 19.8. The summed E-state index contributed by atoms with van der Waals surface area (Å²) in [6.45, 7) is 4.51. The van der Waals surface area contributed by atoms with Gasteiger partial charge < -0.3 is 15.0 Å². The van der Waals surface area contributed by atoms with Crippen LogP contribution < -0.4 is 5.32 Å². The third kappa shape index (κ3) is 5.07. The molecule has 1 N–H and O–H groups in total. The zero-order chi connectivity index (χ0) is 19.2. The molecule has 2 fully saturated rings. The summed E-state index contributed by atoms with van der Waals surface area (Å²) in [6, 6.07) is 0.456. The Morgan fingerprint density at radius 2 is 2.04 bits per heavy atom. The van der Waals surface area contributed by atoms with Crippen LogP contribution in [0.5, 0.6) is 0 Å². The Labute approximate surface area is 160 Å². The molecule has 1 atom stereocenters. The Morgan fingerprint density at radius 3 is 2.70 bits per heavy atom. The number of hydrogen-bond acceptors (Lipinski definition) is 5. The molecule has 0 aliphatic carbocycles. The molecular weight excluding hydrogens is 346 g/mol. The van der Waals surface area contributed by atoms with Crippen molar-refractivity contribution in [2.24, 2.45) is 13.0 Å². The van der Waals surface area contributed by atoms with Crippen molar-refractivity contribution in [2.45, 2.75) is 31.7 Å². The number of nitrogens with zero attached hydrogens (tertiary/aromatic N) is 4. The van der Waals surface area contributed by atoms with Crippen LogP contribution in [0.15, 0.2) is 12.4 Å². The Hall–Kier alpha value is -1.93. The maximum atomic E-state index is 12.6. The molecule has 8 heteroatoms. The topological polar surface area (TPSA) is 79.7 Å². The quantitative estimate of drug-likeness (QED) is 0.731. The molecular formula is C19H31N5O3. The molecule has 0 spiro atoms. The minimum atomic E-state index is 0.0608. The van der Waals surface area contributed by atoms with Gasteiger partial charge in [0.1, 0.15) is 0 Å². The van der Waals surface area contributed by atoms with Gasteiger partial charge in [-0.05, 0) is 32.2 Å². The molecule has 27 heavy (non-hydrogen) atoms. The van der Waals surface area contributed by atoms with Crippen molar-refractivity contribution < 1.29 is 14.3 Å². The van der Waals surface area contributed by atoms with E-state index in [1.165, 1.54) is 0 Å². The fraction of sp³-hybridized carbons (Fsp3) is 0.737. The largest absolute Gasteiger partial charge is 0.383 e. The van der Waals surface area contributed by atoms with E-state index in [1.54, 1.807) is 24.2 Å². The van der Waals surface area contributed by atoms with Gasteiger partial charge in [-0.2, -0.15) is 5.10 Å². The Balaban J connectivity index is 1.47. The third-order valence-electron chi connectivity index (χ3n) is 5.65. The summed E-state index contributed by atoms with van der Waals surface area (Å²) in [5.74, 6) is 0.266. The van der Waals surface area contributed by atoms with Crippen molar-refractivity contribution in [1.29, 1.82) is 0 Å². The van der Waals surface area contributed by atoms with Crippen LogP contribution in [0.2, 0.25) is 0 Å². The standard InChI is InChI=1S/C19H31N5O3/c1-22-13-16(12-21-22)19(26)23-9-5-17(6-10-23)24-8-3-4-15(14-24)18(25)20-7-11-27-2/h12-13,15,17H,3-11,14H2,1-2H3,(H,20,25). The van der Waals surface area contributed by atoms with E-state index in [1.807, 2.05) is 11.9 Å². The van der Waals surface area contributed by atoms with E-state index in [2.05, 4.69) is 15.3 Å². The Kier molecular flexibility index (Phi) is 6.84. The third-order valence-corrected chi connectivity index (χ3v) is 5.65. The SMILES string of the molecule is COCCNC(=O)C1CCCN(C2CCN(C(=O)c3cnn(C)c3)CC2)C1. The summed E-state index contributed by atoms with van der Waals surface area (Å²) in [4.78, 5) is 29.3. The first-order chi connectivity index (χ1) is 13.1. The molecule has 3 heterocycles. The van der Waals surface area contributed by atoms with Crippen LogP contribution >= 0.6 is 0 Å². The van der Waals surface area contributed by atoms with E-state index in [-0.39, 0.29) is 17.7 Å². The second kappa shape index (κ2) is 9.32. The number of carbonyl (C=O) groups excluding carboxylic acids is 2. The summed E-state index contributed by atoms with van der Waals surface area (Å²) in [7, 11) is 3.46. The Morgan fingerprint density at radius 1 is 1.26 bits per heavy atom. The summed E-state index contributed by atoms with van der Waals surface area (Å²) in [6.07, 6.45) is 7.33. The van der Waals surface area contributed by atoms with Gasteiger partial charge in [-0.1, -0.05) is 0 Å². The average Bonchev–Trinajstić information content (AvgIpc) is 3.14. The van der Waals surface area contributed by atoms with Crippen LogP contribution in [-0.2, 0) is 16.6 Å². The van der Waals surface area contributed by atoms with Gasteiger partial charge in [0.05, 0.1) is 24.3 Å². The highest BCUT2D eigenvalue weighted by Crippen LogP contribution is 2.24. The van der Waals surface area contributed by atoms with Crippen molar-refractivity contribution >= 4 is 11.8 Å². The molecule has 3 rings (SSSR count). The van der Waals surface area contributed by atoms with E-state index < -0.39 is 0 Å². The lowest BCUT2D eigenvalue weighted by Crippen LogP contribution is -2.51. The van der Waals surface area contributed by atoms with Crippen molar-refractivity contribution in [2.75, 3.05) is 46.4 Å². The van der Waals surface area contributed by atoms with E-state index in [4.69, 9.17) is 4.74 Å². The van der Waals surface area contributed by atoms with Crippen LogP contribution in [0.1, 0.15) is 36.0 Å². The van der Waals surface area contributed by atoms with E-state index in [0.717, 1.165) is 51.9 Å². The lowest BCUT2D eigenvalue weighted by Gasteiger charge is -2.42. The Bertz CT molecular complexity index is 639. The second-order valence-corrected chi connectivity index (χ2v) is 7.54. The minimum Gasteiger partial charge on any atom is -0.383 e. The molecule has 0 saturated carbocycles. The molecule has 0 aromatic carbocycles. The first-order valence-corrected chi connectivity index (χ1v) is 9.87. The van der Waals surface area contributed by atoms with E-state index in [0.29, 0.717) is 24.8 Å². The van der Waals surface area contributed by atoms with E-state index >= 15 is 0 Å². The van der Waals surface area contributed by atoms with Gasteiger partial charge in [-0.15, -0.1) is 0 Å². The minimum absolute atomic E-state index is 0.0608. The molecule has 2 saturated heterocycles. The summed E-state index contributed by atoms with van der Waals surface area (Å²) < 4.78 is 6.65. The summed E-state index contributed by atoms with van der Waals surface area (Å²) >= 11 is 0. The van der Waals surface area contributed by atoms with Crippen molar-refractivity contribution in [3.8, 4) is 0 Å². The zero-order valence-corrected chi connectivity index (χ0v) is 16.4. The lowest BCUT2D eigenvalue weighted by atomic mass is 9.93. The van der Waals surface area contributed by atoms with Crippen LogP contribution in [-0.4, -0.2) is 83.9 Å². The number of ether oxygens (including phenoxy) is 1. The number of carbonyl (C=O) groups is 2. The van der Waals surface area contributed by atoms with Gasteiger partial charge in [0.15, 0.2) is 0 Å². The van der Waals surface area contributed by atoms with Crippen molar-refractivity contribution in [3.63, 3.8) is 0 Å². The number of aromatic nitrogens is 2. The molecule has 0 bridgehead atoms. The van der Waals surface area contributed by atoms with Gasteiger partial charge in [0.2, 0.25) is 5.91 Å². The fourth-order valence-corrected chi connectivity index (χ4v) is 4.12. The number of rotatable bonds is 6. The molecule has 2 aliphatic heterocycles. The van der Waals surface area contributed by atoms with Gasteiger partial charge in [-0.3, -0.25) is 19.2 Å². The number of likely N-dealkylation sites (tertiary alicyclic amines) is 2. The van der Waals surface area contributed by atoms with E-state index in [9.17, 15) is 9.59 Å². The van der Waals surface area contributed by atoms with Crippen LogP contribution in [0.3, 0.4) is 0 Å². The molecule has 150 valence electrons. The average molecular weight is 377 g/mol. The molecule has 2 amide bonds. The number of amides is 2. The summed E-state index contributed by atoms with van der Waals surface area (Å²) in [5.41, 5.74) is 0.654. The van der Waals surface area contributed by atoms with Crippen LogP contribution in [0.25, 0.3) is 0 Å². The molecule has 1 unspecified atom stereocenters. The highest BCUT2D eigenvalue weighted by atomic mass is 16.5. The fourth-order valence-electron chi connectivity index (χ4n) is 4.12. The van der Waals surface area contributed by atoms with Gasteiger partial charge in [-0.25, -0.2) is 0 Å². The monoisotopic (exact) mass is 377 g/mol. The normalized spacial score (nSPS) is 22.0. The highest BCUT2D eigenvalue weighted by Gasteiger charge is 2.32. The number of methoxy groups -OCH3 is 1. The highest BCUT2D eigenvalue weighted by molar-refractivity contribution is 5.93. The predicted octanol–water partition coefficient (Wildman–Crippen LogP) is 0.499. The molecule has 2 aliphatic rings. The number of hydrogen-bond donors (Lipinski definition) is 1. The number of aryl methyl sites for hydroxylation is 1. The van der Waals surface area contributed by atoms with Gasteiger partial charge >= 0.3 is 0 Å². The maximum absolute atomic E-state index is 12.6. The summed E-state index contributed by atoms with van der Waals surface area (Å²) in [5, 5.41) is 7.06. The predicted molar refractivity (Wildman–Crippen MR) is 101 cm³/mol. The van der Waals surface area contributed by atoms with Crippen molar-refractivity contribution in [3.05, 3.63) is 18.0 Å². The second-order valence-electron chi connectivity index (χ2n) is 7.54. The molecule has 8 nitrogen and oxygen atoms in total. The molecule has 0 radical (unpaired) electrons. The lowest BCUT2D eigenvalue weighted by molar-refractivity contribution is -0.127. The van der Waals surface area contributed by atoms with Crippen LogP contribution in [0.4, 0.5) is 0 Å². The van der Waals surface area contributed by atoms with Gasteiger partial charge in [0, 0.05) is 52.6 Å². The number of nitrogens with one attached hydrogen (secondary N) is 1. The number of piperidine rings is 2. The molecule has 1 aromatic heterocycles. The van der Waals surface area contributed by atoms with Crippen LogP contribution in [0, 0.1) is 5.92 Å². The zero-order valence-electron chi connectivity index (χ0n) is 16.4. The maximum Gasteiger partial charge on any atom is 0.257 e. The first-order valence-electron chi connectivity index (χ1n) is 9.87. The van der Waals surface area contributed by atoms with Gasteiger partial charge in [0.25, 0.3) is 5.91 Å². The smallest absolute Gasteiger partial charge is 0.257 e. The molecule has 1 aromatic rings. The van der Waals surface area contributed by atoms with Crippen molar-refractivity contribution in [1.82, 2.24) is 24.9 Å².